The van der Waals surface area contributed by atoms with Crippen molar-refractivity contribution >= 4 is 17.7 Å². The second-order valence-corrected chi connectivity index (χ2v) is 7.24. The molecule has 0 atom stereocenters. The summed E-state index contributed by atoms with van der Waals surface area (Å²) >= 11 is 0. The van der Waals surface area contributed by atoms with Crippen LogP contribution in [0.15, 0.2) is 42.5 Å². The van der Waals surface area contributed by atoms with E-state index in [0.29, 0.717) is 11.3 Å². The number of esters is 1. The average Bonchev–Trinajstić information content (AvgIpc) is 2.62. The molecule has 0 aromatic heterocycles. The van der Waals surface area contributed by atoms with E-state index in [0.717, 1.165) is 16.9 Å². The summed E-state index contributed by atoms with van der Waals surface area (Å²) in [6.07, 6.45) is 0. The van der Waals surface area contributed by atoms with Gasteiger partial charge in [-0.05, 0) is 48.2 Å². The van der Waals surface area contributed by atoms with Gasteiger partial charge in [0.05, 0.1) is 12.7 Å². The Kier molecular flexibility index (Phi) is 6.45. The number of hydrogen-bond donors (Lipinski definition) is 2. The van der Waals surface area contributed by atoms with Gasteiger partial charge in [-0.15, -0.1) is 0 Å². The van der Waals surface area contributed by atoms with Crippen LogP contribution in [0.1, 0.15) is 42.3 Å². The minimum absolute atomic E-state index is 0.0399. The molecule has 2 N–H and O–H groups in total. The Balaban J connectivity index is 1.91. The van der Waals surface area contributed by atoms with Crippen molar-refractivity contribution in [1.82, 2.24) is 5.32 Å². The molecule has 144 valence electrons. The zero-order valence-corrected chi connectivity index (χ0v) is 16.4. The second kappa shape index (κ2) is 8.58. The number of rotatable bonds is 5. The molecule has 2 aromatic rings. The molecule has 6 nitrogen and oxygen atoms in total. The smallest absolute Gasteiger partial charge is 0.337 e. The van der Waals surface area contributed by atoms with E-state index < -0.39 is 12.0 Å². The Morgan fingerprint density at radius 1 is 1.04 bits per heavy atom. The molecule has 0 bridgehead atoms. The van der Waals surface area contributed by atoms with Crippen molar-refractivity contribution in [1.29, 1.82) is 0 Å². The zero-order valence-electron chi connectivity index (χ0n) is 16.4. The molecule has 0 aliphatic carbocycles. The summed E-state index contributed by atoms with van der Waals surface area (Å²) in [6.45, 7) is 8.43. The fourth-order valence-corrected chi connectivity index (χ4v) is 2.52. The molecule has 0 fully saturated rings. The van der Waals surface area contributed by atoms with Crippen LogP contribution in [0.5, 0.6) is 5.75 Å². The summed E-state index contributed by atoms with van der Waals surface area (Å²) in [5.41, 5.74) is 3.16. The van der Waals surface area contributed by atoms with Crippen LogP contribution in [0, 0.1) is 6.92 Å². The van der Waals surface area contributed by atoms with Gasteiger partial charge in [-0.1, -0.05) is 38.5 Å². The number of urea groups is 1. The highest BCUT2D eigenvalue weighted by molar-refractivity contribution is 5.92. The van der Waals surface area contributed by atoms with Gasteiger partial charge in [0.25, 0.3) is 0 Å². The van der Waals surface area contributed by atoms with Crippen LogP contribution in [0.25, 0.3) is 0 Å². The van der Waals surface area contributed by atoms with Crippen LogP contribution in [-0.2, 0) is 10.2 Å². The summed E-state index contributed by atoms with van der Waals surface area (Å²) in [7, 11) is 1.32. The third kappa shape index (κ3) is 5.74. The first kappa shape index (κ1) is 20.3. The lowest BCUT2D eigenvalue weighted by molar-refractivity contribution is 0.0600. The van der Waals surface area contributed by atoms with Gasteiger partial charge in [0.1, 0.15) is 5.75 Å². The maximum Gasteiger partial charge on any atom is 0.337 e. The molecular weight excluding hydrogens is 344 g/mol. The van der Waals surface area contributed by atoms with Crippen molar-refractivity contribution in [3.63, 3.8) is 0 Å². The van der Waals surface area contributed by atoms with Crippen LogP contribution >= 0.6 is 0 Å². The number of benzene rings is 2. The molecule has 0 radical (unpaired) electrons. The lowest BCUT2D eigenvalue weighted by Crippen LogP contribution is -2.32. The van der Waals surface area contributed by atoms with Crippen LogP contribution in [0.4, 0.5) is 10.5 Å². The van der Waals surface area contributed by atoms with Gasteiger partial charge in [0, 0.05) is 5.69 Å². The van der Waals surface area contributed by atoms with Crippen LogP contribution < -0.4 is 15.4 Å². The quantitative estimate of drug-likeness (QED) is 0.610. The maximum atomic E-state index is 12.0. The lowest BCUT2D eigenvalue weighted by Gasteiger charge is -2.23. The molecule has 6 heteroatoms. The number of anilines is 1. The number of carbonyl (C=O) groups is 2. The third-order valence-corrected chi connectivity index (χ3v) is 3.97. The number of nitrogens with one attached hydrogen (secondary N) is 2. The minimum Gasteiger partial charge on any atom is -0.473 e. The van der Waals surface area contributed by atoms with Gasteiger partial charge in [-0.25, -0.2) is 9.59 Å². The van der Waals surface area contributed by atoms with Gasteiger partial charge >= 0.3 is 12.0 Å². The molecule has 0 aliphatic heterocycles. The average molecular weight is 370 g/mol. The predicted molar refractivity (Wildman–Crippen MR) is 105 cm³/mol. The van der Waals surface area contributed by atoms with Crippen molar-refractivity contribution in [3.8, 4) is 5.75 Å². The van der Waals surface area contributed by atoms with Crippen LogP contribution in [0.3, 0.4) is 0 Å². The van der Waals surface area contributed by atoms with Gasteiger partial charge < -0.3 is 20.1 Å². The number of amides is 2. The van der Waals surface area contributed by atoms with E-state index in [1.54, 1.807) is 24.3 Å². The van der Waals surface area contributed by atoms with E-state index in [1.807, 2.05) is 19.1 Å². The Bertz CT molecular complexity index is 808. The number of ether oxygens (including phenoxy) is 2. The highest BCUT2D eigenvalue weighted by Gasteiger charge is 2.19. The summed E-state index contributed by atoms with van der Waals surface area (Å²) < 4.78 is 10.4. The van der Waals surface area contributed by atoms with Crippen molar-refractivity contribution < 1.29 is 19.1 Å². The highest BCUT2D eigenvalue weighted by atomic mass is 16.5. The van der Waals surface area contributed by atoms with Gasteiger partial charge in [-0.2, -0.15) is 0 Å². The molecule has 0 aliphatic rings. The molecule has 2 amide bonds. The van der Waals surface area contributed by atoms with Gasteiger partial charge in [0.2, 0.25) is 0 Å². The number of carbonyl (C=O) groups excluding carboxylic acids is 2. The topological polar surface area (TPSA) is 76.7 Å². The highest BCUT2D eigenvalue weighted by Crippen LogP contribution is 2.31. The molecule has 27 heavy (non-hydrogen) atoms. The zero-order chi connectivity index (χ0) is 20.0. The Morgan fingerprint density at radius 2 is 1.70 bits per heavy atom. The van der Waals surface area contributed by atoms with E-state index >= 15 is 0 Å². The molecule has 0 heterocycles. The first-order valence-electron chi connectivity index (χ1n) is 8.68. The van der Waals surface area contributed by atoms with Crippen LogP contribution in [-0.4, -0.2) is 25.8 Å². The fourth-order valence-electron chi connectivity index (χ4n) is 2.52. The largest absolute Gasteiger partial charge is 0.473 e. The summed E-state index contributed by atoms with van der Waals surface area (Å²) in [5, 5.41) is 5.34. The first-order chi connectivity index (χ1) is 12.7. The second-order valence-electron chi connectivity index (χ2n) is 7.24. The first-order valence-corrected chi connectivity index (χ1v) is 8.68. The Hall–Kier alpha value is -3.02. The molecule has 0 saturated heterocycles. The third-order valence-electron chi connectivity index (χ3n) is 3.97. The molecular formula is C21H26N2O4. The Morgan fingerprint density at radius 3 is 2.30 bits per heavy atom. The van der Waals surface area contributed by atoms with Crippen molar-refractivity contribution in [2.45, 2.75) is 33.1 Å². The maximum absolute atomic E-state index is 12.0. The standard InChI is InChI=1S/C21H26N2O4/c1-14-6-11-18(17(12-14)21(2,3)4)27-13-22-20(25)23-16-9-7-15(8-10-16)19(24)26-5/h6-12H,13H2,1-5H3,(H2,22,23,25). The summed E-state index contributed by atoms with van der Waals surface area (Å²) in [5.74, 6) is 0.322. The van der Waals surface area contributed by atoms with Gasteiger partial charge in [-0.3, -0.25) is 0 Å². The number of hydrogen-bond acceptors (Lipinski definition) is 4. The number of methoxy groups -OCH3 is 1. The molecule has 0 unspecified atom stereocenters. The normalized spacial score (nSPS) is 10.9. The Labute approximate surface area is 159 Å². The monoisotopic (exact) mass is 370 g/mol. The van der Waals surface area contributed by atoms with Crippen LogP contribution in [0.2, 0.25) is 0 Å². The molecule has 2 aromatic carbocycles. The minimum atomic E-state index is -0.424. The van der Waals surface area contributed by atoms with Gasteiger partial charge in [0.15, 0.2) is 6.73 Å². The van der Waals surface area contributed by atoms with E-state index in [4.69, 9.17) is 4.74 Å². The lowest BCUT2D eigenvalue weighted by atomic mass is 9.85. The SMILES string of the molecule is COC(=O)c1ccc(NC(=O)NCOc2ccc(C)cc2C(C)(C)C)cc1. The predicted octanol–water partition coefficient (Wildman–Crippen LogP) is 4.24. The van der Waals surface area contributed by atoms with E-state index in [9.17, 15) is 9.59 Å². The van der Waals surface area contributed by atoms with E-state index in [2.05, 4.69) is 42.2 Å². The van der Waals surface area contributed by atoms with E-state index in [1.165, 1.54) is 7.11 Å². The molecule has 0 saturated carbocycles. The summed E-state index contributed by atoms with van der Waals surface area (Å²) in [4.78, 5) is 23.4. The molecule has 2 rings (SSSR count). The van der Waals surface area contributed by atoms with Crippen molar-refractivity contribution in [2.24, 2.45) is 0 Å². The van der Waals surface area contributed by atoms with Crippen molar-refractivity contribution in [3.05, 3.63) is 59.2 Å². The number of aryl methyl sites for hydroxylation is 1. The summed E-state index contributed by atoms with van der Waals surface area (Å²) in [6, 6.07) is 12.0. The molecule has 0 spiro atoms. The van der Waals surface area contributed by atoms with E-state index in [-0.39, 0.29) is 12.1 Å². The fraction of sp³-hybridized carbons (Fsp3) is 0.333. The van der Waals surface area contributed by atoms with Crippen molar-refractivity contribution in [2.75, 3.05) is 19.2 Å².